The molecule has 0 aliphatic heterocycles. The van der Waals surface area contributed by atoms with Gasteiger partial charge in [0.15, 0.2) is 5.78 Å². The summed E-state index contributed by atoms with van der Waals surface area (Å²) in [5.41, 5.74) is 3.22. The molecule has 0 atom stereocenters. The van der Waals surface area contributed by atoms with E-state index < -0.39 is 0 Å². The van der Waals surface area contributed by atoms with Crippen molar-refractivity contribution >= 4 is 23.6 Å². The normalized spacial score (nSPS) is 15.7. The van der Waals surface area contributed by atoms with Crippen molar-refractivity contribution in [2.75, 3.05) is 6.26 Å². The second-order valence-electron chi connectivity index (χ2n) is 6.43. The molecule has 3 rings (SSSR count). The topological polar surface area (TPSA) is 17.1 Å². The van der Waals surface area contributed by atoms with Gasteiger partial charge in [-0.2, -0.15) is 0 Å². The summed E-state index contributed by atoms with van der Waals surface area (Å²) in [5.74, 6) is 0.757. The lowest BCUT2D eigenvalue weighted by Crippen LogP contribution is -2.04. The number of carbonyl (C=O) groups excluding carboxylic acids is 1. The standard InChI is InChI=1S/C22H24OS/c1-24-21-14-7-17(8-15-21)9-16-22(23)20-12-10-19(11-13-20)18-5-3-2-4-6-18/h7-16,18H,2-6H2,1H3/b16-9+. The fourth-order valence-electron chi connectivity index (χ4n) is 3.34. The third-order valence-corrected chi connectivity index (χ3v) is 5.56. The highest BCUT2D eigenvalue weighted by Gasteiger charge is 2.15. The Hall–Kier alpha value is -1.80. The van der Waals surface area contributed by atoms with E-state index in [1.54, 1.807) is 17.8 Å². The van der Waals surface area contributed by atoms with Crippen LogP contribution in [0.25, 0.3) is 6.08 Å². The van der Waals surface area contributed by atoms with E-state index in [-0.39, 0.29) is 5.78 Å². The first kappa shape index (κ1) is 17.0. The molecule has 0 bridgehead atoms. The molecule has 1 fully saturated rings. The lowest BCUT2D eigenvalue weighted by Gasteiger charge is -2.21. The van der Waals surface area contributed by atoms with Crippen LogP contribution in [0.3, 0.4) is 0 Å². The first-order chi connectivity index (χ1) is 11.8. The zero-order valence-electron chi connectivity index (χ0n) is 14.2. The van der Waals surface area contributed by atoms with E-state index in [1.165, 1.54) is 42.6 Å². The molecule has 0 spiro atoms. The van der Waals surface area contributed by atoms with Gasteiger partial charge in [0.1, 0.15) is 0 Å². The molecule has 1 nitrogen and oxygen atoms in total. The number of carbonyl (C=O) groups is 1. The second-order valence-corrected chi connectivity index (χ2v) is 7.31. The molecule has 0 heterocycles. The number of ketones is 1. The number of thioether (sulfide) groups is 1. The molecule has 124 valence electrons. The summed E-state index contributed by atoms with van der Waals surface area (Å²) < 4.78 is 0. The average Bonchev–Trinajstić information content (AvgIpc) is 2.67. The van der Waals surface area contributed by atoms with Gasteiger partial charge in [0.25, 0.3) is 0 Å². The molecule has 0 saturated heterocycles. The van der Waals surface area contributed by atoms with E-state index in [0.29, 0.717) is 5.92 Å². The van der Waals surface area contributed by atoms with Gasteiger partial charge in [-0.3, -0.25) is 4.79 Å². The minimum Gasteiger partial charge on any atom is -0.289 e. The number of hydrogen-bond acceptors (Lipinski definition) is 2. The van der Waals surface area contributed by atoms with Crippen molar-refractivity contribution in [3.8, 4) is 0 Å². The maximum atomic E-state index is 12.3. The monoisotopic (exact) mass is 336 g/mol. The van der Waals surface area contributed by atoms with Gasteiger partial charge in [-0.05, 0) is 54.4 Å². The predicted octanol–water partition coefficient (Wildman–Crippen LogP) is 6.35. The van der Waals surface area contributed by atoms with Gasteiger partial charge >= 0.3 is 0 Å². The van der Waals surface area contributed by atoms with Crippen LogP contribution >= 0.6 is 11.8 Å². The van der Waals surface area contributed by atoms with Crippen LogP contribution in [0.4, 0.5) is 0 Å². The van der Waals surface area contributed by atoms with Crippen LogP contribution in [0, 0.1) is 0 Å². The molecular weight excluding hydrogens is 312 g/mol. The molecular formula is C22H24OS. The summed E-state index contributed by atoms with van der Waals surface area (Å²) in [4.78, 5) is 13.6. The third-order valence-electron chi connectivity index (χ3n) is 4.81. The molecule has 1 aliphatic rings. The van der Waals surface area contributed by atoms with E-state index in [1.807, 2.05) is 30.3 Å². The molecule has 1 saturated carbocycles. The maximum Gasteiger partial charge on any atom is 0.185 e. The highest BCUT2D eigenvalue weighted by Crippen LogP contribution is 2.32. The summed E-state index contributed by atoms with van der Waals surface area (Å²) in [6.45, 7) is 0. The Morgan fingerprint density at radius 1 is 0.958 bits per heavy atom. The summed E-state index contributed by atoms with van der Waals surface area (Å²) in [6, 6.07) is 16.5. The van der Waals surface area contributed by atoms with Crippen LogP contribution in [-0.4, -0.2) is 12.0 Å². The highest BCUT2D eigenvalue weighted by molar-refractivity contribution is 7.98. The molecule has 0 N–H and O–H groups in total. The van der Waals surface area contributed by atoms with Crippen molar-refractivity contribution in [2.24, 2.45) is 0 Å². The summed E-state index contributed by atoms with van der Waals surface area (Å²) in [6.07, 6.45) is 12.2. The number of hydrogen-bond donors (Lipinski definition) is 0. The molecule has 2 aromatic carbocycles. The summed E-state index contributed by atoms with van der Waals surface area (Å²) in [5, 5.41) is 0. The van der Waals surface area contributed by atoms with Crippen LogP contribution in [0.5, 0.6) is 0 Å². The van der Waals surface area contributed by atoms with Gasteiger partial charge in [-0.15, -0.1) is 11.8 Å². The third kappa shape index (κ3) is 4.39. The van der Waals surface area contributed by atoms with Crippen LogP contribution in [0.1, 0.15) is 59.5 Å². The van der Waals surface area contributed by atoms with Crippen molar-refractivity contribution in [1.29, 1.82) is 0 Å². The Morgan fingerprint density at radius 3 is 2.25 bits per heavy atom. The van der Waals surface area contributed by atoms with Crippen LogP contribution in [0.2, 0.25) is 0 Å². The van der Waals surface area contributed by atoms with Gasteiger partial charge in [0, 0.05) is 10.5 Å². The van der Waals surface area contributed by atoms with E-state index >= 15 is 0 Å². The summed E-state index contributed by atoms with van der Waals surface area (Å²) in [7, 11) is 0. The lowest BCUT2D eigenvalue weighted by atomic mass is 9.84. The molecule has 2 heteroatoms. The van der Waals surface area contributed by atoms with E-state index in [4.69, 9.17) is 0 Å². The molecule has 1 aliphatic carbocycles. The second kappa shape index (κ2) is 8.34. The lowest BCUT2D eigenvalue weighted by molar-refractivity contribution is 0.104. The van der Waals surface area contributed by atoms with E-state index in [2.05, 4.69) is 30.5 Å². The first-order valence-electron chi connectivity index (χ1n) is 8.73. The molecule has 0 unspecified atom stereocenters. The van der Waals surface area contributed by atoms with Crippen LogP contribution in [0.15, 0.2) is 59.5 Å². The fraction of sp³-hybridized carbons (Fsp3) is 0.318. The zero-order valence-corrected chi connectivity index (χ0v) is 15.0. The van der Waals surface area contributed by atoms with Gasteiger partial charge < -0.3 is 0 Å². The number of benzene rings is 2. The van der Waals surface area contributed by atoms with Gasteiger partial charge in [0.05, 0.1) is 0 Å². The fourth-order valence-corrected chi connectivity index (χ4v) is 3.75. The molecule has 0 amide bonds. The minimum atomic E-state index is 0.0686. The highest BCUT2D eigenvalue weighted by atomic mass is 32.2. The van der Waals surface area contributed by atoms with Crippen molar-refractivity contribution in [3.05, 3.63) is 71.3 Å². The molecule has 24 heavy (non-hydrogen) atoms. The predicted molar refractivity (Wildman–Crippen MR) is 104 cm³/mol. The maximum absolute atomic E-state index is 12.3. The van der Waals surface area contributed by atoms with Gasteiger partial charge in [-0.1, -0.05) is 61.7 Å². The Bertz CT molecular complexity index is 692. The van der Waals surface area contributed by atoms with Crippen LogP contribution < -0.4 is 0 Å². The van der Waals surface area contributed by atoms with Crippen molar-refractivity contribution in [2.45, 2.75) is 42.9 Å². The van der Waals surface area contributed by atoms with Crippen molar-refractivity contribution in [3.63, 3.8) is 0 Å². The molecule has 0 radical (unpaired) electrons. The van der Waals surface area contributed by atoms with E-state index in [0.717, 1.165) is 11.1 Å². The number of allylic oxidation sites excluding steroid dienone is 1. The van der Waals surface area contributed by atoms with Gasteiger partial charge in [0.2, 0.25) is 0 Å². The quantitative estimate of drug-likeness (QED) is 0.359. The number of rotatable bonds is 5. The summed E-state index contributed by atoms with van der Waals surface area (Å²) >= 11 is 1.72. The van der Waals surface area contributed by atoms with Crippen molar-refractivity contribution < 1.29 is 4.79 Å². The first-order valence-corrected chi connectivity index (χ1v) is 9.95. The zero-order chi connectivity index (χ0) is 16.8. The Morgan fingerprint density at radius 2 is 1.62 bits per heavy atom. The Kier molecular flexibility index (Phi) is 5.92. The van der Waals surface area contributed by atoms with Gasteiger partial charge in [-0.25, -0.2) is 0 Å². The average molecular weight is 337 g/mol. The SMILES string of the molecule is CSc1ccc(/C=C/C(=O)c2ccc(C3CCCCC3)cc2)cc1. The molecule has 0 aromatic heterocycles. The Balaban J connectivity index is 1.64. The smallest absolute Gasteiger partial charge is 0.185 e. The minimum absolute atomic E-state index is 0.0686. The Labute approximate surface area is 149 Å². The van der Waals surface area contributed by atoms with Crippen molar-refractivity contribution in [1.82, 2.24) is 0 Å². The largest absolute Gasteiger partial charge is 0.289 e. The van der Waals surface area contributed by atoms with E-state index in [9.17, 15) is 4.79 Å². The molecule has 2 aromatic rings. The van der Waals surface area contributed by atoms with Crippen LogP contribution in [-0.2, 0) is 0 Å².